The number of carbonyl (C=O) groups is 1. The van der Waals surface area contributed by atoms with Gasteiger partial charge in [-0.2, -0.15) is 0 Å². The van der Waals surface area contributed by atoms with Gasteiger partial charge in [0.2, 0.25) is 0 Å². The molecule has 0 saturated carbocycles. The highest BCUT2D eigenvalue weighted by atomic mass is 35.5. The van der Waals surface area contributed by atoms with Crippen LogP contribution < -0.4 is 15.4 Å². The molecule has 2 atom stereocenters. The molecule has 22 heavy (non-hydrogen) atoms. The van der Waals surface area contributed by atoms with Crippen molar-refractivity contribution < 1.29 is 14.3 Å². The van der Waals surface area contributed by atoms with Gasteiger partial charge < -0.3 is 20.1 Å². The van der Waals surface area contributed by atoms with Crippen molar-refractivity contribution in [3.63, 3.8) is 0 Å². The molecular formula is C16H25ClN2O3. The van der Waals surface area contributed by atoms with Gasteiger partial charge >= 0.3 is 0 Å². The van der Waals surface area contributed by atoms with Crippen LogP contribution in [-0.4, -0.2) is 37.8 Å². The monoisotopic (exact) mass is 328 g/mol. The van der Waals surface area contributed by atoms with Gasteiger partial charge in [0.15, 0.2) is 0 Å². The number of benzene rings is 1. The van der Waals surface area contributed by atoms with Gasteiger partial charge in [-0.05, 0) is 38.5 Å². The van der Waals surface area contributed by atoms with Crippen LogP contribution in [-0.2, 0) is 9.53 Å². The molecule has 1 heterocycles. The van der Waals surface area contributed by atoms with E-state index in [-0.39, 0.29) is 30.5 Å². The first-order valence-corrected chi connectivity index (χ1v) is 7.45. The van der Waals surface area contributed by atoms with E-state index in [1.165, 1.54) is 0 Å². The Morgan fingerprint density at radius 2 is 2.00 bits per heavy atom. The lowest BCUT2D eigenvalue weighted by molar-refractivity contribution is -0.134. The first kappa shape index (κ1) is 18.7. The van der Waals surface area contributed by atoms with E-state index in [0.29, 0.717) is 13.2 Å². The Bertz CT molecular complexity index is 459. The zero-order valence-electron chi connectivity index (χ0n) is 13.3. The highest BCUT2D eigenvalue weighted by molar-refractivity contribution is 5.85. The van der Waals surface area contributed by atoms with Crippen LogP contribution in [0, 0.1) is 0 Å². The Balaban J connectivity index is 0.00000242. The summed E-state index contributed by atoms with van der Waals surface area (Å²) in [4.78, 5) is 12.1. The van der Waals surface area contributed by atoms with Crippen molar-refractivity contribution >= 4 is 18.3 Å². The average molecular weight is 329 g/mol. The van der Waals surface area contributed by atoms with Crippen LogP contribution in [0.5, 0.6) is 5.75 Å². The smallest absolute Gasteiger partial charge is 0.250 e. The Labute approximate surface area is 138 Å². The highest BCUT2D eigenvalue weighted by Crippen LogP contribution is 2.18. The summed E-state index contributed by atoms with van der Waals surface area (Å²) < 4.78 is 11.1. The molecule has 0 aromatic heterocycles. The second kappa shape index (κ2) is 8.98. The maximum atomic E-state index is 12.1. The van der Waals surface area contributed by atoms with Crippen LogP contribution in [0.4, 0.5) is 0 Å². The zero-order valence-corrected chi connectivity index (χ0v) is 14.1. The second-order valence-corrected chi connectivity index (χ2v) is 5.53. The Morgan fingerprint density at radius 1 is 1.32 bits per heavy atom. The molecule has 2 unspecified atom stereocenters. The molecular weight excluding hydrogens is 304 g/mol. The number of ether oxygens (including phenoxy) is 2. The van der Waals surface area contributed by atoms with Gasteiger partial charge in [0.1, 0.15) is 11.9 Å². The molecule has 1 aliphatic rings. The Morgan fingerprint density at radius 3 is 2.55 bits per heavy atom. The number of nitrogens with one attached hydrogen (secondary N) is 2. The van der Waals surface area contributed by atoms with Crippen molar-refractivity contribution in [3.05, 3.63) is 29.8 Å². The Hall–Kier alpha value is -1.30. The summed E-state index contributed by atoms with van der Waals surface area (Å²) in [5, 5.41) is 6.13. The normalized spacial score (nSPS) is 19.2. The summed E-state index contributed by atoms with van der Waals surface area (Å²) in [6, 6.07) is 7.75. The molecule has 1 saturated heterocycles. The van der Waals surface area contributed by atoms with Crippen molar-refractivity contribution in [2.24, 2.45) is 0 Å². The summed E-state index contributed by atoms with van der Waals surface area (Å²) in [5.41, 5.74) is 1.04. The number of rotatable bonds is 5. The number of morpholine rings is 1. The van der Waals surface area contributed by atoms with E-state index < -0.39 is 6.10 Å². The number of amides is 1. The standard InChI is InChI=1S/C16H24N2O3.ClH/c1-11(2)21-14-6-4-13(5-7-14)12(3)18-16(19)15-10-17-8-9-20-15;/h4-7,11-12,15,17H,8-10H2,1-3H3,(H,18,19);1H. The molecule has 0 spiro atoms. The highest BCUT2D eigenvalue weighted by Gasteiger charge is 2.23. The molecule has 1 amide bonds. The van der Waals surface area contributed by atoms with Gasteiger partial charge in [-0.15, -0.1) is 12.4 Å². The molecule has 0 bridgehead atoms. The minimum atomic E-state index is -0.398. The maximum Gasteiger partial charge on any atom is 0.250 e. The SMILES string of the molecule is CC(C)Oc1ccc(C(C)NC(=O)C2CNCCO2)cc1.Cl. The number of hydrogen-bond acceptors (Lipinski definition) is 4. The van der Waals surface area contributed by atoms with E-state index in [9.17, 15) is 4.79 Å². The fourth-order valence-corrected chi connectivity index (χ4v) is 2.23. The minimum absolute atomic E-state index is 0. The van der Waals surface area contributed by atoms with E-state index in [1.807, 2.05) is 45.0 Å². The molecule has 0 radical (unpaired) electrons. The molecule has 1 aromatic rings. The summed E-state index contributed by atoms with van der Waals surface area (Å²) in [6.45, 7) is 7.90. The molecule has 1 fully saturated rings. The average Bonchev–Trinajstić information content (AvgIpc) is 2.48. The van der Waals surface area contributed by atoms with E-state index in [2.05, 4.69) is 10.6 Å². The van der Waals surface area contributed by atoms with E-state index in [0.717, 1.165) is 17.9 Å². The van der Waals surface area contributed by atoms with Crippen molar-refractivity contribution in [2.45, 2.75) is 39.0 Å². The van der Waals surface area contributed by atoms with Gasteiger partial charge in [-0.3, -0.25) is 4.79 Å². The predicted octanol–water partition coefficient (Wildman–Crippen LogP) is 2.06. The van der Waals surface area contributed by atoms with Crippen LogP contribution in [0.1, 0.15) is 32.4 Å². The second-order valence-electron chi connectivity index (χ2n) is 5.53. The lowest BCUT2D eigenvalue weighted by atomic mass is 10.1. The molecule has 0 aliphatic carbocycles. The van der Waals surface area contributed by atoms with Crippen LogP contribution >= 0.6 is 12.4 Å². The molecule has 6 heteroatoms. The molecule has 2 rings (SSSR count). The number of hydrogen-bond donors (Lipinski definition) is 2. The largest absolute Gasteiger partial charge is 0.491 e. The van der Waals surface area contributed by atoms with Gasteiger partial charge in [0, 0.05) is 13.1 Å². The summed E-state index contributed by atoms with van der Waals surface area (Å²) in [5.74, 6) is 0.768. The van der Waals surface area contributed by atoms with Crippen molar-refractivity contribution in [1.29, 1.82) is 0 Å². The van der Waals surface area contributed by atoms with Gasteiger partial charge in [0.25, 0.3) is 5.91 Å². The third-order valence-corrected chi connectivity index (χ3v) is 3.33. The number of carbonyl (C=O) groups excluding carboxylic acids is 1. The van der Waals surface area contributed by atoms with Crippen molar-refractivity contribution in [3.8, 4) is 5.75 Å². The third-order valence-electron chi connectivity index (χ3n) is 3.33. The van der Waals surface area contributed by atoms with Crippen molar-refractivity contribution in [2.75, 3.05) is 19.7 Å². The molecule has 124 valence electrons. The molecule has 2 N–H and O–H groups in total. The summed E-state index contributed by atoms with van der Waals surface area (Å²) in [7, 11) is 0. The predicted molar refractivity (Wildman–Crippen MR) is 88.6 cm³/mol. The summed E-state index contributed by atoms with van der Waals surface area (Å²) in [6.07, 6.45) is -0.242. The van der Waals surface area contributed by atoms with Gasteiger partial charge in [-0.25, -0.2) is 0 Å². The minimum Gasteiger partial charge on any atom is -0.491 e. The third kappa shape index (κ3) is 5.48. The lowest BCUT2D eigenvalue weighted by Crippen LogP contribution is -2.48. The van der Waals surface area contributed by atoms with Crippen LogP contribution in [0.25, 0.3) is 0 Å². The number of halogens is 1. The van der Waals surface area contributed by atoms with Gasteiger partial charge in [0.05, 0.1) is 18.8 Å². The quantitative estimate of drug-likeness (QED) is 0.868. The summed E-state index contributed by atoms with van der Waals surface area (Å²) >= 11 is 0. The zero-order chi connectivity index (χ0) is 15.2. The lowest BCUT2D eigenvalue weighted by Gasteiger charge is -2.24. The molecule has 1 aromatic carbocycles. The molecule has 1 aliphatic heterocycles. The van der Waals surface area contributed by atoms with E-state index >= 15 is 0 Å². The molecule has 5 nitrogen and oxygen atoms in total. The fraction of sp³-hybridized carbons (Fsp3) is 0.562. The van der Waals surface area contributed by atoms with Crippen LogP contribution in [0.3, 0.4) is 0 Å². The van der Waals surface area contributed by atoms with E-state index in [1.54, 1.807) is 0 Å². The topological polar surface area (TPSA) is 59.6 Å². The van der Waals surface area contributed by atoms with Crippen LogP contribution in [0.15, 0.2) is 24.3 Å². The van der Waals surface area contributed by atoms with Crippen molar-refractivity contribution in [1.82, 2.24) is 10.6 Å². The Kier molecular flexibility index (Phi) is 7.65. The first-order chi connectivity index (χ1) is 10.1. The van der Waals surface area contributed by atoms with Gasteiger partial charge in [-0.1, -0.05) is 12.1 Å². The fourth-order valence-electron chi connectivity index (χ4n) is 2.23. The van der Waals surface area contributed by atoms with Crippen LogP contribution in [0.2, 0.25) is 0 Å². The first-order valence-electron chi connectivity index (χ1n) is 7.45. The maximum absolute atomic E-state index is 12.1. The van der Waals surface area contributed by atoms with E-state index in [4.69, 9.17) is 9.47 Å².